The smallest absolute Gasteiger partial charge is 0.238 e. The molecule has 1 amide bonds. The average Bonchev–Trinajstić information content (AvgIpc) is 2.39. The number of amides is 1. The van der Waals surface area contributed by atoms with Crippen molar-refractivity contribution in [2.75, 3.05) is 6.54 Å². The molecular formula is C14H19ClFNO3S. The molecule has 21 heavy (non-hydrogen) atoms. The van der Waals surface area contributed by atoms with Gasteiger partial charge in [0.2, 0.25) is 5.91 Å². The van der Waals surface area contributed by atoms with E-state index in [0.717, 1.165) is 6.07 Å². The lowest BCUT2D eigenvalue weighted by molar-refractivity contribution is -0.120. The van der Waals surface area contributed by atoms with E-state index in [-0.39, 0.29) is 16.5 Å². The van der Waals surface area contributed by atoms with Crippen molar-refractivity contribution < 1.29 is 17.6 Å². The fraction of sp³-hybridized carbons (Fsp3) is 0.500. The largest absolute Gasteiger partial charge is 0.355 e. The van der Waals surface area contributed by atoms with Gasteiger partial charge in [0.05, 0.1) is 5.75 Å². The van der Waals surface area contributed by atoms with Crippen LogP contribution in [0.25, 0.3) is 0 Å². The van der Waals surface area contributed by atoms with Crippen LogP contribution in [0.2, 0.25) is 5.02 Å². The maximum atomic E-state index is 13.6. The summed E-state index contributed by atoms with van der Waals surface area (Å²) in [6.45, 7) is 5.48. The number of rotatable bonds is 6. The molecule has 0 aliphatic rings. The van der Waals surface area contributed by atoms with Gasteiger partial charge in [-0.3, -0.25) is 4.79 Å². The Labute approximate surface area is 129 Å². The molecule has 118 valence electrons. The van der Waals surface area contributed by atoms with Crippen LogP contribution in [0, 0.1) is 11.7 Å². The van der Waals surface area contributed by atoms with Crippen molar-refractivity contribution >= 4 is 27.3 Å². The highest BCUT2D eigenvalue weighted by atomic mass is 35.5. The minimum Gasteiger partial charge on any atom is -0.355 e. The van der Waals surface area contributed by atoms with Gasteiger partial charge in [0.1, 0.15) is 11.1 Å². The van der Waals surface area contributed by atoms with E-state index in [1.54, 1.807) is 0 Å². The lowest BCUT2D eigenvalue weighted by Crippen LogP contribution is -2.40. The molecule has 1 aromatic carbocycles. The molecule has 0 saturated heterocycles. The number of carbonyl (C=O) groups excluding carboxylic acids is 1. The maximum absolute atomic E-state index is 13.6. The summed E-state index contributed by atoms with van der Waals surface area (Å²) in [5, 5.41) is 1.34. The van der Waals surface area contributed by atoms with Crippen molar-refractivity contribution in [1.29, 1.82) is 0 Å². The molecule has 0 bridgehead atoms. The summed E-state index contributed by atoms with van der Waals surface area (Å²) in [5.41, 5.74) is -0.109. The fourth-order valence-corrected chi connectivity index (χ4v) is 3.27. The van der Waals surface area contributed by atoms with Crippen LogP contribution in [0.5, 0.6) is 0 Å². The highest BCUT2D eigenvalue weighted by Gasteiger charge is 2.29. The molecule has 1 atom stereocenters. The van der Waals surface area contributed by atoms with E-state index in [2.05, 4.69) is 5.32 Å². The standard InChI is InChI=1S/C14H19ClFNO3S/c1-9(2)7-17-14(18)10(3)21(19,20)8-11-12(15)5-4-6-13(11)16/h4-6,9-10H,7-8H2,1-3H3,(H,17,18). The van der Waals surface area contributed by atoms with E-state index in [4.69, 9.17) is 11.6 Å². The molecule has 4 nitrogen and oxygen atoms in total. The molecule has 0 fully saturated rings. The Kier molecular flexibility index (Phi) is 6.16. The van der Waals surface area contributed by atoms with Crippen LogP contribution in [-0.2, 0) is 20.4 Å². The zero-order chi connectivity index (χ0) is 16.2. The van der Waals surface area contributed by atoms with Crippen molar-refractivity contribution in [2.45, 2.75) is 31.8 Å². The monoisotopic (exact) mass is 335 g/mol. The number of halogens is 2. The van der Waals surface area contributed by atoms with Gasteiger partial charge in [-0.05, 0) is 25.0 Å². The van der Waals surface area contributed by atoms with Gasteiger partial charge in [-0.25, -0.2) is 12.8 Å². The van der Waals surface area contributed by atoms with Gasteiger partial charge in [-0.15, -0.1) is 0 Å². The first-order valence-electron chi connectivity index (χ1n) is 6.57. The van der Waals surface area contributed by atoms with Gasteiger partial charge in [-0.1, -0.05) is 31.5 Å². The van der Waals surface area contributed by atoms with Crippen LogP contribution in [-0.4, -0.2) is 26.1 Å². The van der Waals surface area contributed by atoms with Gasteiger partial charge in [0.15, 0.2) is 9.84 Å². The van der Waals surface area contributed by atoms with E-state index < -0.39 is 32.6 Å². The second-order valence-electron chi connectivity index (χ2n) is 5.29. The predicted octanol–water partition coefficient (Wildman–Crippen LogP) is 2.55. The van der Waals surface area contributed by atoms with Crippen LogP contribution in [0.3, 0.4) is 0 Å². The third-order valence-corrected chi connectivity index (χ3v) is 5.34. The highest BCUT2D eigenvalue weighted by molar-refractivity contribution is 7.92. The van der Waals surface area contributed by atoms with Crippen molar-refractivity contribution in [2.24, 2.45) is 5.92 Å². The Morgan fingerprint density at radius 3 is 2.48 bits per heavy atom. The molecule has 1 rings (SSSR count). The first kappa shape index (κ1) is 17.9. The first-order valence-corrected chi connectivity index (χ1v) is 8.66. The number of benzene rings is 1. The summed E-state index contributed by atoms with van der Waals surface area (Å²) >= 11 is 5.82. The Balaban J connectivity index is 2.88. The Hall–Kier alpha value is -1.14. The average molecular weight is 336 g/mol. The topological polar surface area (TPSA) is 63.2 Å². The Bertz CT molecular complexity index is 596. The van der Waals surface area contributed by atoms with E-state index in [0.29, 0.717) is 6.54 Å². The van der Waals surface area contributed by atoms with Crippen molar-refractivity contribution in [3.63, 3.8) is 0 Å². The second-order valence-corrected chi connectivity index (χ2v) is 8.02. The van der Waals surface area contributed by atoms with Crippen LogP contribution >= 0.6 is 11.6 Å². The number of hydrogen-bond acceptors (Lipinski definition) is 3. The zero-order valence-corrected chi connectivity index (χ0v) is 13.8. The number of hydrogen-bond donors (Lipinski definition) is 1. The van der Waals surface area contributed by atoms with E-state index in [1.165, 1.54) is 19.1 Å². The molecule has 0 spiro atoms. The van der Waals surface area contributed by atoms with Crippen molar-refractivity contribution in [1.82, 2.24) is 5.32 Å². The van der Waals surface area contributed by atoms with Gasteiger partial charge in [0.25, 0.3) is 0 Å². The summed E-state index contributed by atoms with van der Waals surface area (Å²) in [6, 6.07) is 3.95. The molecule has 0 aliphatic heterocycles. The van der Waals surface area contributed by atoms with Crippen LogP contribution in [0.1, 0.15) is 26.3 Å². The van der Waals surface area contributed by atoms with E-state index in [9.17, 15) is 17.6 Å². The van der Waals surface area contributed by atoms with E-state index >= 15 is 0 Å². The summed E-state index contributed by atoms with van der Waals surface area (Å²) in [6.07, 6.45) is 0. The lowest BCUT2D eigenvalue weighted by atomic mass is 10.2. The molecular weight excluding hydrogens is 317 g/mol. The molecule has 0 aliphatic carbocycles. The van der Waals surface area contributed by atoms with Crippen LogP contribution in [0.15, 0.2) is 18.2 Å². The number of sulfone groups is 1. The summed E-state index contributed by atoms with van der Waals surface area (Å²) in [4.78, 5) is 11.8. The normalized spacial score (nSPS) is 13.2. The maximum Gasteiger partial charge on any atom is 0.238 e. The minimum absolute atomic E-state index is 0.0355. The Morgan fingerprint density at radius 1 is 1.33 bits per heavy atom. The zero-order valence-electron chi connectivity index (χ0n) is 12.2. The van der Waals surface area contributed by atoms with Gasteiger partial charge in [-0.2, -0.15) is 0 Å². The number of nitrogens with one attached hydrogen (secondary N) is 1. The van der Waals surface area contributed by atoms with Crippen LogP contribution < -0.4 is 5.32 Å². The van der Waals surface area contributed by atoms with Gasteiger partial charge < -0.3 is 5.32 Å². The minimum atomic E-state index is -3.84. The number of carbonyl (C=O) groups is 1. The second kappa shape index (κ2) is 7.22. The van der Waals surface area contributed by atoms with Crippen molar-refractivity contribution in [3.8, 4) is 0 Å². The summed E-state index contributed by atoms with van der Waals surface area (Å²) in [7, 11) is -3.84. The molecule has 1 aromatic rings. The van der Waals surface area contributed by atoms with Crippen molar-refractivity contribution in [3.05, 3.63) is 34.6 Å². The molecule has 1 unspecified atom stereocenters. The molecule has 7 heteroatoms. The highest BCUT2D eigenvalue weighted by Crippen LogP contribution is 2.23. The van der Waals surface area contributed by atoms with Gasteiger partial charge >= 0.3 is 0 Å². The molecule has 0 heterocycles. The molecule has 0 saturated carbocycles. The predicted molar refractivity (Wildman–Crippen MR) is 81.3 cm³/mol. The fourth-order valence-electron chi connectivity index (χ4n) is 1.61. The van der Waals surface area contributed by atoms with E-state index in [1.807, 2.05) is 13.8 Å². The SMILES string of the molecule is CC(C)CNC(=O)C(C)S(=O)(=O)Cc1c(F)cccc1Cl. The third-order valence-electron chi connectivity index (χ3n) is 3.00. The molecule has 1 N–H and O–H groups in total. The third kappa shape index (κ3) is 4.97. The Morgan fingerprint density at radius 2 is 1.95 bits per heavy atom. The quantitative estimate of drug-likeness (QED) is 0.869. The lowest BCUT2D eigenvalue weighted by Gasteiger charge is -2.15. The summed E-state index contributed by atoms with van der Waals surface area (Å²) < 4.78 is 38.1. The van der Waals surface area contributed by atoms with Gasteiger partial charge in [0, 0.05) is 17.1 Å². The molecule has 0 aromatic heterocycles. The first-order chi connectivity index (χ1) is 9.65. The summed E-state index contributed by atoms with van der Waals surface area (Å²) in [5.74, 6) is -1.67. The molecule has 0 radical (unpaired) electrons. The van der Waals surface area contributed by atoms with Crippen LogP contribution in [0.4, 0.5) is 4.39 Å².